The molecule has 11 nitrogen and oxygen atoms in total. The van der Waals surface area contributed by atoms with Crippen molar-refractivity contribution < 1.29 is 23.0 Å². The molecule has 1 saturated heterocycles. The zero-order valence-corrected chi connectivity index (χ0v) is 25.7. The summed E-state index contributed by atoms with van der Waals surface area (Å²) in [5, 5.41) is 0.0796. The molecule has 6 rings (SSSR count). The molecule has 1 fully saturated rings. The van der Waals surface area contributed by atoms with Crippen LogP contribution in [0.3, 0.4) is 0 Å². The summed E-state index contributed by atoms with van der Waals surface area (Å²) in [5.41, 5.74) is 12.6. The number of pyridine rings is 3. The predicted molar refractivity (Wildman–Crippen MR) is 169 cm³/mol. The number of benzene rings is 1. The fourth-order valence-electron chi connectivity index (χ4n) is 6.10. The maximum Gasteiger partial charge on any atom is 0.213 e. The highest BCUT2D eigenvalue weighted by atomic mass is 19.2. The molecule has 240 valence electrons. The summed E-state index contributed by atoms with van der Waals surface area (Å²) in [6.07, 6.45) is 7.08. The average Bonchev–Trinajstić information content (AvgIpc) is 3.07. The van der Waals surface area contributed by atoms with Crippen molar-refractivity contribution in [3.8, 4) is 11.6 Å². The minimum atomic E-state index is -1.12. The van der Waals surface area contributed by atoms with Crippen LogP contribution in [0.25, 0.3) is 10.9 Å². The Hall–Kier alpha value is -4.33. The van der Waals surface area contributed by atoms with Gasteiger partial charge in [-0.15, -0.1) is 0 Å². The maximum absolute atomic E-state index is 14.8. The third-order valence-corrected chi connectivity index (χ3v) is 8.23. The van der Waals surface area contributed by atoms with Crippen LogP contribution in [0.4, 0.5) is 20.3 Å². The van der Waals surface area contributed by atoms with E-state index < -0.39 is 11.6 Å². The summed E-state index contributed by atoms with van der Waals surface area (Å²) in [5.74, 6) is -1.50. The number of hydrogen-bond donors (Lipinski definition) is 2. The Labute approximate surface area is 260 Å². The highest BCUT2D eigenvalue weighted by molar-refractivity contribution is 5.86. The predicted octanol–water partition coefficient (Wildman–Crippen LogP) is 3.49. The van der Waals surface area contributed by atoms with Gasteiger partial charge in [0.2, 0.25) is 11.7 Å². The normalized spacial score (nSPS) is 17.5. The molecule has 0 bridgehead atoms. The van der Waals surface area contributed by atoms with E-state index in [0.717, 1.165) is 36.7 Å². The molecule has 2 aliphatic rings. The third-order valence-electron chi connectivity index (χ3n) is 8.23. The van der Waals surface area contributed by atoms with Crippen molar-refractivity contribution in [1.29, 1.82) is 0 Å². The molecule has 0 aliphatic carbocycles. The molecule has 3 aromatic heterocycles. The number of aromatic nitrogens is 3. The van der Waals surface area contributed by atoms with Crippen molar-refractivity contribution in [2.75, 3.05) is 58.2 Å². The molecule has 0 radical (unpaired) electrons. The Morgan fingerprint density at radius 1 is 1.13 bits per heavy atom. The molecular formula is C32H39F2N7O4. The van der Waals surface area contributed by atoms with Gasteiger partial charge >= 0.3 is 0 Å². The molecule has 45 heavy (non-hydrogen) atoms. The Morgan fingerprint density at radius 2 is 1.96 bits per heavy atom. The van der Waals surface area contributed by atoms with Crippen molar-refractivity contribution in [2.24, 2.45) is 5.73 Å². The first-order valence-electron chi connectivity index (χ1n) is 14.8. The summed E-state index contributed by atoms with van der Waals surface area (Å²) >= 11 is 0. The van der Waals surface area contributed by atoms with Gasteiger partial charge in [-0.05, 0) is 49.7 Å². The molecule has 0 saturated carbocycles. The molecule has 1 aromatic carbocycles. The van der Waals surface area contributed by atoms with Gasteiger partial charge in [-0.2, -0.15) is 4.39 Å². The summed E-state index contributed by atoms with van der Waals surface area (Å²) in [4.78, 5) is 26.9. The van der Waals surface area contributed by atoms with E-state index in [4.69, 9.17) is 19.9 Å². The Morgan fingerprint density at radius 3 is 2.69 bits per heavy atom. The summed E-state index contributed by atoms with van der Waals surface area (Å²) < 4.78 is 47.6. The van der Waals surface area contributed by atoms with Crippen LogP contribution in [0.1, 0.15) is 30.0 Å². The zero-order valence-electron chi connectivity index (χ0n) is 25.7. The lowest BCUT2D eigenvalue weighted by molar-refractivity contribution is 0.114. The maximum atomic E-state index is 14.8. The molecule has 0 spiro atoms. The lowest BCUT2D eigenvalue weighted by Crippen LogP contribution is -2.48. The fraction of sp³-hybridized carbons (Fsp3) is 0.406. The monoisotopic (exact) mass is 623 g/mol. The molecule has 5 heterocycles. The molecule has 2 atom stereocenters. The van der Waals surface area contributed by atoms with Crippen LogP contribution in [-0.4, -0.2) is 73.0 Å². The van der Waals surface area contributed by atoms with Gasteiger partial charge in [0.15, 0.2) is 17.0 Å². The number of ether oxygens (including phenoxy) is 3. The summed E-state index contributed by atoms with van der Waals surface area (Å²) in [6, 6.07) is 8.29. The number of nitrogens with zero attached hydrogens (tertiary/aromatic N) is 5. The van der Waals surface area contributed by atoms with Crippen LogP contribution in [0.5, 0.6) is 11.6 Å². The molecule has 13 heteroatoms. The third kappa shape index (κ3) is 6.70. The van der Waals surface area contributed by atoms with Crippen molar-refractivity contribution >= 4 is 22.4 Å². The average molecular weight is 624 g/mol. The van der Waals surface area contributed by atoms with Crippen molar-refractivity contribution in [1.82, 2.24) is 19.4 Å². The van der Waals surface area contributed by atoms with E-state index in [1.807, 2.05) is 18.2 Å². The smallest absolute Gasteiger partial charge is 0.213 e. The van der Waals surface area contributed by atoms with Crippen molar-refractivity contribution in [2.45, 2.75) is 38.0 Å². The minimum absolute atomic E-state index is 0.0699. The molecule has 4 N–H and O–H groups in total. The van der Waals surface area contributed by atoms with Gasteiger partial charge in [0.05, 0.1) is 42.5 Å². The van der Waals surface area contributed by atoms with Gasteiger partial charge in [-0.3, -0.25) is 9.69 Å². The Bertz CT molecular complexity index is 1690. The summed E-state index contributed by atoms with van der Waals surface area (Å²) in [6.45, 7) is 2.75. The van der Waals surface area contributed by atoms with Crippen molar-refractivity contribution in [3.63, 3.8) is 0 Å². The number of methoxy groups -OCH3 is 2. The van der Waals surface area contributed by atoms with Gasteiger partial charge in [0.25, 0.3) is 0 Å². The number of nitrogen functional groups attached to an aromatic ring is 1. The molecule has 2 aliphatic heterocycles. The van der Waals surface area contributed by atoms with Crippen LogP contribution in [0.15, 0.2) is 53.7 Å². The van der Waals surface area contributed by atoms with Crippen LogP contribution in [-0.2, 0) is 17.8 Å². The number of piperidine rings is 1. The van der Waals surface area contributed by atoms with Gasteiger partial charge in [0, 0.05) is 63.4 Å². The zero-order chi connectivity index (χ0) is 32.1. The lowest BCUT2D eigenvalue weighted by atomic mass is 10.0. The van der Waals surface area contributed by atoms with Crippen LogP contribution in [0.2, 0.25) is 0 Å². The van der Waals surface area contributed by atoms with E-state index in [0.29, 0.717) is 30.4 Å². The SMILES string of the molecule is CN.COCC1COc2c(F)c(F)cc3c(=O)c(CN(Cc4ccnc(OC)c4)C4CCCN(c5ccc(N)nc5)C4)cn1c23. The first-order valence-corrected chi connectivity index (χ1v) is 14.8. The number of nitrogens with two attached hydrogens (primary N) is 2. The van der Waals surface area contributed by atoms with E-state index in [1.165, 1.54) is 7.05 Å². The topological polar surface area (TPSA) is 134 Å². The first kappa shape index (κ1) is 32.1. The molecule has 2 unspecified atom stereocenters. The highest BCUT2D eigenvalue weighted by Crippen LogP contribution is 2.36. The fourth-order valence-corrected chi connectivity index (χ4v) is 6.10. The van der Waals surface area contributed by atoms with Crippen LogP contribution >= 0.6 is 0 Å². The number of hydrogen-bond acceptors (Lipinski definition) is 10. The van der Waals surface area contributed by atoms with Crippen molar-refractivity contribution in [3.05, 3.63) is 81.9 Å². The second-order valence-corrected chi connectivity index (χ2v) is 11.0. The summed E-state index contributed by atoms with van der Waals surface area (Å²) in [7, 11) is 4.64. The molecule has 4 aromatic rings. The number of rotatable bonds is 9. The van der Waals surface area contributed by atoms with Gasteiger partial charge in [-0.25, -0.2) is 14.4 Å². The van der Waals surface area contributed by atoms with E-state index in [-0.39, 0.29) is 53.9 Å². The number of halogens is 2. The highest BCUT2D eigenvalue weighted by Gasteiger charge is 2.31. The van der Waals surface area contributed by atoms with E-state index >= 15 is 0 Å². The van der Waals surface area contributed by atoms with Gasteiger partial charge < -0.3 is 35.1 Å². The Balaban J connectivity index is 0.00000196. The minimum Gasteiger partial charge on any atom is -0.486 e. The second kappa shape index (κ2) is 14.2. The van der Waals surface area contributed by atoms with Crippen LogP contribution in [0, 0.1) is 11.6 Å². The molecule has 0 amide bonds. The van der Waals surface area contributed by atoms with E-state index in [2.05, 4.69) is 25.5 Å². The molecular weight excluding hydrogens is 584 g/mol. The standard InChI is InChI=1S/C31H34F2N6O4.CH5N/c1-41-17-23-18-43-31-28(33)25(32)11-24-29(31)39(23)15-20(30(24)40)14-38(13-19-7-8-35-27(10-19)42-2)22-4-3-9-37(16-22)21-5-6-26(34)36-12-21;1-2/h5-8,10-12,15,22-23H,3-4,9,13-14,16-18H2,1-2H3,(H2,34,36);2H2,1H3. The van der Waals surface area contributed by atoms with Gasteiger partial charge in [-0.1, -0.05) is 0 Å². The largest absolute Gasteiger partial charge is 0.486 e. The first-order chi connectivity index (χ1) is 21.9. The Kier molecular flexibility index (Phi) is 10.1. The second-order valence-electron chi connectivity index (χ2n) is 11.0. The van der Waals surface area contributed by atoms with E-state index in [1.54, 1.807) is 43.4 Å². The quantitative estimate of drug-likeness (QED) is 0.285. The van der Waals surface area contributed by atoms with Gasteiger partial charge in [0.1, 0.15) is 12.4 Å². The van der Waals surface area contributed by atoms with Crippen LogP contribution < -0.4 is 31.3 Å². The lowest BCUT2D eigenvalue weighted by Gasteiger charge is -2.40. The number of anilines is 2. The van der Waals surface area contributed by atoms with E-state index in [9.17, 15) is 13.6 Å².